The van der Waals surface area contributed by atoms with Crippen LogP contribution in [0.4, 0.5) is 5.69 Å². The second kappa shape index (κ2) is 5.50. The van der Waals surface area contributed by atoms with E-state index in [0.29, 0.717) is 4.47 Å². The van der Waals surface area contributed by atoms with Gasteiger partial charge in [-0.05, 0) is 18.2 Å². The number of hydrogen-bond acceptors (Lipinski definition) is 4. The zero-order valence-electron chi connectivity index (χ0n) is 9.23. The number of nitrogens with two attached hydrogens (primary N) is 1. The van der Waals surface area contributed by atoms with E-state index >= 15 is 0 Å². The molecule has 0 fully saturated rings. The highest BCUT2D eigenvalue weighted by Gasteiger charge is 2.19. The van der Waals surface area contributed by atoms with E-state index in [1.807, 2.05) is 0 Å². The van der Waals surface area contributed by atoms with Crippen molar-refractivity contribution in [2.75, 3.05) is 18.5 Å². The number of nitrogen functional groups attached to an aromatic ring is 1. The molecule has 1 amide bonds. The molecule has 17 heavy (non-hydrogen) atoms. The first kappa shape index (κ1) is 14.0. The van der Waals surface area contributed by atoms with E-state index in [0.717, 1.165) is 0 Å². The van der Waals surface area contributed by atoms with Crippen LogP contribution in [0.2, 0.25) is 0 Å². The summed E-state index contributed by atoms with van der Waals surface area (Å²) in [6.07, 6.45) is -0.0786. The van der Waals surface area contributed by atoms with Gasteiger partial charge in [0, 0.05) is 17.9 Å². The molecule has 0 atom stereocenters. The summed E-state index contributed by atoms with van der Waals surface area (Å²) in [7, 11) is -2.07. The molecule has 0 saturated heterocycles. The van der Waals surface area contributed by atoms with Gasteiger partial charge in [-0.15, -0.1) is 0 Å². The molecule has 1 rings (SSSR count). The summed E-state index contributed by atoms with van der Waals surface area (Å²) in [6, 6.07) is 4.61. The molecule has 7 heteroatoms. The normalized spacial score (nSPS) is 11.2. The van der Waals surface area contributed by atoms with Gasteiger partial charge in [-0.3, -0.25) is 4.79 Å². The van der Waals surface area contributed by atoms with Crippen LogP contribution in [0.1, 0.15) is 6.42 Å². The Balaban J connectivity index is 2.97. The van der Waals surface area contributed by atoms with Gasteiger partial charge in [0.2, 0.25) is 5.91 Å². The molecule has 1 aromatic rings. The van der Waals surface area contributed by atoms with Crippen molar-refractivity contribution in [3.63, 3.8) is 0 Å². The number of nitrogens with one attached hydrogen (secondary N) is 1. The molecule has 0 unspecified atom stereocenters. The Hall–Kier alpha value is -1.08. The fraction of sp³-hybridized carbons (Fsp3) is 0.300. The summed E-state index contributed by atoms with van der Waals surface area (Å²) in [5, 5.41) is 2.37. The highest BCUT2D eigenvalue weighted by atomic mass is 79.9. The molecule has 3 N–H and O–H groups in total. The first-order valence-electron chi connectivity index (χ1n) is 4.85. The molecule has 0 aliphatic rings. The van der Waals surface area contributed by atoms with Gasteiger partial charge in [0.05, 0.1) is 16.3 Å². The molecular formula is C10H13BrN2O3S. The Labute approximate surface area is 108 Å². The third kappa shape index (κ3) is 3.71. The monoisotopic (exact) mass is 320 g/mol. The Morgan fingerprint density at radius 1 is 1.47 bits per heavy atom. The van der Waals surface area contributed by atoms with E-state index in [9.17, 15) is 13.2 Å². The van der Waals surface area contributed by atoms with E-state index in [1.165, 1.54) is 19.2 Å². The minimum atomic E-state index is -3.53. The van der Waals surface area contributed by atoms with Crippen LogP contribution in [0.3, 0.4) is 0 Å². The summed E-state index contributed by atoms with van der Waals surface area (Å²) in [4.78, 5) is 11.1. The van der Waals surface area contributed by atoms with E-state index in [4.69, 9.17) is 5.73 Å². The minimum absolute atomic E-state index is 0.0516. The second-order valence-corrected chi connectivity index (χ2v) is 6.42. The predicted molar refractivity (Wildman–Crippen MR) is 69.3 cm³/mol. The van der Waals surface area contributed by atoms with Gasteiger partial charge in [-0.2, -0.15) is 0 Å². The van der Waals surface area contributed by atoms with Gasteiger partial charge in [0.1, 0.15) is 0 Å². The maximum Gasteiger partial charge on any atom is 0.220 e. The Morgan fingerprint density at radius 2 is 2.12 bits per heavy atom. The lowest BCUT2D eigenvalue weighted by atomic mass is 10.3. The van der Waals surface area contributed by atoms with Gasteiger partial charge >= 0.3 is 0 Å². The molecule has 1 aromatic carbocycles. The van der Waals surface area contributed by atoms with Gasteiger partial charge in [-0.1, -0.05) is 15.9 Å². The van der Waals surface area contributed by atoms with E-state index in [-0.39, 0.29) is 28.7 Å². The number of sulfone groups is 1. The summed E-state index contributed by atoms with van der Waals surface area (Å²) in [6.45, 7) is 0. The van der Waals surface area contributed by atoms with Crippen molar-refractivity contribution in [2.45, 2.75) is 11.3 Å². The van der Waals surface area contributed by atoms with Crippen LogP contribution in [0.15, 0.2) is 27.6 Å². The standard InChI is InChI=1S/C10H13BrN2O3S/c1-13-10(14)4-5-17(15,16)9-6-7(11)2-3-8(9)12/h2-3,6H,4-5,12H2,1H3,(H,13,14). The molecule has 94 valence electrons. The van der Waals surface area contributed by atoms with Crippen molar-refractivity contribution >= 4 is 37.4 Å². The minimum Gasteiger partial charge on any atom is -0.398 e. The van der Waals surface area contributed by atoms with Crippen molar-refractivity contribution in [1.29, 1.82) is 0 Å². The summed E-state index contributed by atoms with van der Waals surface area (Å²) >= 11 is 3.18. The number of anilines is 1. The quantitative estimate of drug-likeness (QED) is 0.808. The highest BCUT2D eigenvalue weighted by Crippen LogP contribution is 2.24. The molecule has 0 heterocycles. The highest BCUT2D eigenvalue weighted by molar-refractivity contribution is 9.10. The van der Waals surface area contributed by atoms with Crippen LogP contribution >= 0.6 is 15.9 Å². The van der Waals surface area contributed by atoms with Crippen molar-refractivity contribution in [1.82, 2.24) is 5.32 Å². The Kier molecular flexibility index (Phi) is 4.53. The number of amides is 1. The number of rotatable bonds is 4. The van der Waals surface area contributed by atoms with Gasteiger partial charge in [-0.25, -0.2) is 8.42 Å². The average Bonchev–Trinajstić information content (AvgIpc) is 2.29. The van der Waals surface area contributed by atoms with E-state index in [2.05, 4.69) is 21.2 Å². The zero-order chi connectivity index (χ0) is 13.1. The maximum atomic E-state index is 11.9. The lowest BCUT2D eigenvalue weighted by Crippen LogP contribution is -2.21. The molecule has 5 nitrogen and oxygen atoms in total. The molecule has 0 saturated carbocycles. The molecule has 0 aromatic heterocycles. The van der Waals surface area contributed by atoms with Crippen molar-refractivity contribution in [2.24, 2.45) is 0 Å². The van der Waals surface area contributed by atoms with Crippen LogP contribution in [0.5, 0.6) is 0 Å². The summed E-state index contributed by atoms with van der Waals surface area (Å²) < 4.78 is 24.5. The largest absolute Gasteiger partial charge is 0.398 e. The molecule has 0 aliphatic heterocycles. The number of carbonyl (C=O) groups is 1. The SMILES string of the molecule is CNC(=O)CCS(=O)(=O)c1cc(Br)ccc1N. The molecular weight excluding hydrogens is 308 g/mol. The second-order valence-electron chi connectivity index (χ2n) is 3.42. The van der Waals surface area contributed by atoms with Crippen LogP contribution in [0.25, 0.3) is 0 Å². The van der Waals surface area contributed by atoms with Crippen LogP contribution < -0.4 is 11.1 Å². The van der Waals surface area contributed by atoms with E-state index in [1.54, 1.807) is 6.07 Å². The van der Waals surface area contributed by atoms with Crippen molar-refractivity contribution in [3.8, 4) is 0 Å². The lowest BCUT2D eigenvalue weighted by Gasteiger charge is -2.07. The van der Waals surface area contributed by atoms with Gasteiger partial charge in [0.15, 0.2) is 9.84 Å². The maximum absolute atomic E-state index is 11.9. The number of hydrogen-bond donors (Lipinski definition) is 2. The first-order valence-corrected chi connectivity index (χ1v) is 7.29. The zero-order valence-corrected chi connectivity index (χ0v) is 11.6. The third-order valence-electron chi connectivity index (χ3n) is 2.19. The predicted octanol–water partition coefficient (Wildman–Crippen LogP) is 0.941. The lowest BCUT2D eigenvalue weighted by molar-refractivity contribution is -0.120. The molecule has 0 spiro atoms. The molecule has 0 aliphatic carbocycles. The van der Waals surface area contributed by atoms with Crippen LogP contribution in [-0.4, -0.2) is 27.1 Å². The first-order chi connectivity index (χ1) is 7.86. The van der Waals surface area contributed by atoms with Crippen LogP contribution in [-0.2, 0) is 14.6 Å². The fourth-order valence-electron chi connectivity index (χ4n) is 1.24. The third-order valence-corrected chi connectivity index (χ3v) is 4.45. The topological polar surface area (TPSA) is 89.3 Å². The Morgan fingerprint density at radius 3 is 2.71 bits per heavy atom. The number of benzene rings is 1. The average molecular weight is 321 g/mol. The summed E-state index contributed by atoms with van der Waals surface area (Å²) in [5.41, 5.74) is 5.80. The summed E-state index contributed by atoms with van der Waals surface area (Å²) in [5.74, 6) is -0.574. The smallest absolute Gasteiger partial charge is 0.220 e. The number of carbonyl (C=O) groups excluding carboxylic acids is 1. The Bertz CT molecular complexity index is 528. The van der Waals surface area contributed by atoms with Crippen molar-refractivity contribution < 1.29 is 13.2 Å². The van der Waals surface area contributed by atoms with Crippen molar-refractivity contribution in [3.05, 3.63) is 22.7 Å². The van der Waals surface area contributed by atoms with Gasteiger partial charge in [0.25, 0.3) is 0 Å². The fourth-order valence-corrected chi connectivity index (χ4v) is 3.16. The number of halogens is 1. The molecule has 0 bridgehead atoms. The van der Waals surface area contributed by atoms with E-state index < -0.39 is 9.84 Å². The van der Waals surface area contributed by atoms with Gasteiger partial charge < -0.3 is 11.1 Å². The molecule has 0 radical (unpaired) electrons. The van der Waals surface area contributed by atoms with Crippen LogP contribution in [0, 0.1) is 0 Å².